The molecule has 0 saturated carbocycles. The molecule has 1 aliphatic carbocycles. The van der Waals surface area contributed by atoms with Crippen molar-refractivity contribution in [2.75, 3.05) is 5.43 Å². The molecular formula is C16H20N4. The largest absolute Gasteiger partial charge is 0.308 e. The molecule has 20 heavy (non-hydrogen) atoms. The molecule has 0 amide bonds. The van der Waals surface area contributed by atoms with E-state index in [1.807, 2.05) is 6.07 Å². The Balaban J connectivity index is 1.94. The molecule has 0 saturated heterocycles. The Bertz CT molecular complexity index is 622. The molecule has 3 N–H and O–H groups in total. The molecule has 1 atom stereocenters. The lowest BCUT2D eigenvalue weighted by atomic mass is 9.77. The first-order valence-corrected chi connectivity index (χ1v) is 7.09. The first kappa shape index (κ1) is 13.1. The van der Waals surface area contributed by atoms with Crippen LogP contribution in [-0.4, -0.2) is 9.97 Å². The molecule has 4 nitrogen and oxygen atoms in total. The van der Waals surface area contributed by atoms with Crippen LogP contribution in [0.3, 0.4) is 0 Å². The maximum absolute atomic E-state index is 5.53. The van der Waals surface area contributed by atoms with Crippen LogP contribution in [0.4, 0.5) is 5.82 Å². The molecule has 3 rings (SSSR count). The second-order valence-electron chi connectivity index (χ2n) is 5.80. The molecular weight excluding hydrogens is 248 g/mol. The number of nitrogens with two attached hydrogens (primary N) is 1. The van der Waals surface area contributed by atoms with Gasteiger partial charge in [0, 0.05) is 17.7 Å². The Morgan fingerprint density at radius 1 is 1.30 bits per heavy atom. The van der Waals surface area contributed by atoms with E-state index in [2.05, 4.69) is 48.5 Å². The van der Waals surface area contributed by atoms with Gasteiger partial charge in [-0.15, -0.1) is 0 Å². The van der Waals surface area contributed by atoms with Crippen LogP contribution in [0.2, 0.25) is 0 Å². The summed E-state index contributed by atoms with van der Waals surface area (Å²) in [7, 11) is 0. The second-order valence-corrected chi connectivity index (χ2v) is 5.80. The van der Waals surface area contributed by atoms with Crippen molar-refractivity contribution in [3.63, 3.8) is 0 Å². The summed E-state index contributed by atoms with van der Waals surface area (Å²) in [5, 5.41) is 0. The van der Waals surface area contributed by atoms with Crippen molar-refractivity contribution in [2.24, 2.45) is 11.8 Å². The summed E-state index contributed by atoms with van der Waals surface area (Å²) in [6.07, 6.45) is 1.96. The molecule has 1 unspecified atom stereocenters. The molecule has 0 spiro atoms. The van der Waals surface area contributed by atoms with E-state index >= 15 is 0 Å². The maximum atomic E-state index is 5.53. The Morgan fingerprint density at radius 3 is 2.80 bits per heavy atom. The third kappa shape index (κ3) is 2.39. The van der Waals surface area contributed by atoms with Crippen LogP contribution in [0.15, 0.2) is 30.3 Å². The van der Waals surface area contributed by atoms with Crippen LogP contribution in [0.25, 0.3) is 0 Å². The predicted octanol–water partition coefficient (Wildman–Crippen LogP) is 2.65. The number of aromatic nitrogens is 2. The minimum absolute atomic E-state index is 0.311. The third-order valence-electron chi connectivity index (χ3n) is 3.73. The average Bonchev–Trinajstić information content (AvgIpc) is 2.39. The van der Waals surface area contributed by atoms with Gasteiger partial charge in [0.05, 0.1) is 0 Å². The average molecular weight is 268 g/mol. The zero-order valence-corrected chi connectivity index (χ0v) is 11.9. The fraction of sp³-hybridized carbons (Fsp3) is 0.375. The van der Waals surface area contributed by atoms with Crippen molar-refractivity contribution in [2.45, 2.75) is 32.6 Å². The number of hydrogen-bond donors (Lipinski definition) is 2. The highest BCUT2D eigenvalue weighted by molar-refractivity contribution is 5.46. The number of nitrogens with zero attached hydrogens (tertiary/aromatic N) is 2. The summed E-state index contributed by atoms with van der Waals surface area (Å²) in [6.45, 7) is 4.38. The lowest BCUT2D eigenvalue weighted by Gasteiger charge is -2.29. The number of rotatable bonds is 4. The predicted molar refractivity (Wildman–Crippen MR) is 80.4 cm³/mol. The van der Waals surface area contributed by atoms with Gasteiger partial charge in [0.15, 0.2) is 0 Å². The standard InChI is InChI=1S/C16H20N4/c1-10(2)7-12-9-15(20-17)19-16(18-12)14-8-11-5-3-4-6-13(11)14/h3-6,9-10,14H,7-8,17H2,1-2H3,(H,18,19,20). The first-order valence-electron chi connectivity index (χ1n) is 7.09. The summed E-state index contributed by atoms with van der Waals surface area (Å²) >= 11 is 0. The van der Waals surface area contributed by atoms with Crippen molar-refractivity contribution in [1.29, 1.82) is 0 Å². The van der Waals surface area contributed by atoms with Crippen molar-refractivity contribution in [1.82, 2.24) is 9.97 Å². The molecule has 2 aromatic rings. The summed E-state index contributed by atoms with van der Waals surface area (Å²) in [6, 6.07) is 10.4. The summed E-state index contributed by atoms with van der Waals surface area (Å²) in [4.78, 5) is 9.27. The highest BCUT2D eigenvalue weighted by Crippen LogP contribution is 2.38. The zero-order valence-electron chi connectivity index (χ0n) is 11.9. The number of nitrogen functional groups attached to an aromatic ring is 1. The van der Waals surface area contributed by atoms with E-state index in [4.69, 9.17) is 10.8 Å². The van der Waals surface area contributed by atoms with Gasteiger partial charge in [0.1, 0.15) is 11.6 Å². The minimum Gasteiger partial charge on any atom is -0.308 e. The quantitative estimate of drug-likeness (QED) is 0.661. The van der Waals surface area contributed by atoms with Gasteiger partial charge in [-0.3, -0.25) is 0 Å². The number of nitrogens with one attached hydrogen (secondary N) is 1. The van der Waals surface area contributed by atoms with Crippen LogP contribution < -0.4 is 11.3 Å². The van der Waals surface area contributed by atoms with Crippen LogP contribution in [0.1, 0.15) is 42.4 Å². The monoisotopic (exact) mass is 268 g/mol. The van der Waals surface area contributed by atoms with E-state index in [0.29, 0.717) is 17.7 Å². The van der Waals surface area contributed by atoms with E-state index < -0.39 is 0 Å². The molecule has 0 aliphatic heterocycles. The van der Waals surface area contributed by atoms with Crippen LogP contribution >= 0.6 is 0 Å². The maximum Gasteiger partial charge on any atom is 0.143 e. The van der Waals surface area contributed by atoms with E-state index in [0.717, 1.165) is 24.4 Å². The number of hydrogen-bond acceptors (Lipinski definition) is 4. The Morgan fingerprint density at radius 2 is 2.10 bits per heavy atom. The minimum atomic E-state index is 0.311. The highest BCUT2D eigenvalue weighted by atomic mass is 15.3. The van der Waals surface area contributed by atoms with Crippen molar-refractivity contribution in [3.05, 3.63) is 53.0 Å². The van der Waals surface area contributed by atoms with Gasteiger partial charge in [-0.2, -0.15) is 0 Å². The van der Waals surface area contributed by atoms with E-state index in [1.54, 1.807) is 0 Å². The van der Waals surface area contributed by atoms with Gasteiger partial charge in [-0.25, -0.2) is 15.8 Å². The molecule has 1 aromatic heterocycles. The SMILES string of the molecule is CC(C)Cc1cc(NN)nc(C2Cc3ccccc32)n1. The first-order chi connectivity index (χ1) is 9.67. The van der Waals surface area contributed by atoms with Crippen molar-refractivity contribution in [3.8, 4) is 0 Å². The zero-order chi connectivity index (χ0) is 14.1. The summed E-state index contributed by atoms with van der Waals surface area (Å²) in [5.41, 5.74) is 6.46. The normalized spacial score (nSPS) is 16.7. The van der Waals surface area contributed by atoms with Gasteiger partial charge in [-0.05, 0) is 29.9 Å². The lowest BCUT2D eigenvalue weighted by molar-refractivity contribution is 0.613. The fourth-order valence-corrected chi connectivity index (χ4v) is 2.76. The number of anilines is 1. The number of benzene rings is 1. The Hall–Kier alpha value is -1.94. The molecule has 4 heteroatoms. The molecule has 1 aromatic carbocycles. The Labute approximate surface area is 119 Å². The van der Waals surface area contributed by atoms with E-state index in [1.165, 1.54) is 11.1 Å². The van der Waals surface area contributed by atoms with Gasteiger partial charge in [-0.1, -0.05) is 38.1 Å². The molecule has 0 fully saturated rings. The van der Waals surface area contributed by atoms with E-state index in [-0.39, 0.29) is 0 Å². The fourth-order valence-electron chi connectivity index (χ4n) is 2.76. The number of hydrazine groups is 1. The van der Waals surface area contributed by atoms with Crippen LogP contribution in [0.5, 0.6) is 0 Å². The van der Waals surface area contributed by atoms with Gasteiger partial charge >= 0.3 is 0 Å². The van der Waals surface area contributed by atoms with E-state index in [9.17, 15) is 0 Å². The van der Waals surface area contributed by atoms with Crippen molar-refractivity contribution >= 4 is 5.82 Å². The van der Waals surface area contributed by atoms with Gasteiger partial charge in [0.25, 0.3) is 0 Å². The smallest absolute Gasteiger partial charge is 0.143 e. The molecule has 104 valence electrons. The summed E-state index contributed by atoms with van der Waals surface area (Å²) in [5.74, 6) is 8.00. The molecule has 0 bridgehead atoms. The highest BCUT2D eigenvalue weighted by Gasteiger charge is 2.29. The summed E-state index contributed by atoms with van der Waals surface area (Å²) < 4.78 is 0. The number of fused-ring (bicyclic) bond motifs is 1. The molecule has 1 heterocycles. The Kier molecular flexibility index (Phi) is 3.40. The van der Waals surface area contributed by atoms with Crippen LogP contribution in [0, 0.1) is 5.92 Å². The topological polar surface area (TPSA) is 63.8 Å². The van der Waals surface area contributed by atoms with Gasteiger partial charge in [0.2, 0.25) is 0 Å². The van der Waals surface area contributed by atoms with Gasteiger partial charge < -0.3 is 5.43 Å². The third-order valence-corrected chi connectivity index (χ3v) is 3.73. The molecule has 1 aliphatic rings. The lowest BCUT2D eigenvalue weighted by Crippen LogP contribution is -2.22. The van der Waals surface area contributed by atoms with Crippen molar-refractivity contribution < 1.29 is 0 Å². The second kappa shape index (κ2) is 5.21. The van der Waals surface area contributed by atoms with Crippen LogP contribution in [-0.2, 0) is 12.8 Å². The molecule has 0 radical (unpaired) electrons.